The number of likely N-dealkylation sites (N-methyl/N-ethyl adjacent to an activating group) is 1. The minimum absolute atomic E-state index is 0.180. The van der Waals surface area contributed by atoms with Crippen molar-refractivity contribution in [1.29, 1.82) is 0 Å². The molecular weight excluding hydrogens is 260 g/mol. The second-order valence-corrected chi connectivity index (χ2v) is 4.67. The molecule has 2 amide bonds. The lowest BCUT2D eigenvalue weighted by molar-refractivity contribution is -0.139. The molecule has 0 fully saturated rings. The number of carbonyl (C=O) groups excluding carboxylic acids is 1. The van der Waals surface area contributed by atoms with E-state index in [0.717, 1.165) is 5.56 Å². The average Bonchev–Trinajstić information content (AvgIpc) is 2.45. The summed E-state index contributed by atoms with van der Waals surface area (Å²) in [4.78, 5) is 24.4. The summed E-state index contributed by atoms with van der Waals surface area (Å²) < 4.78 is 0. The van der Waals surface area contributed by atoms with Gasteiger partial charge in [0.2, 0.25) is 0 Å². The molecule has 0 aromatic heterocycles. The highest BCUT2D eigenvalue weighted by Crippen LogP contribution is 2.04. The van der Waals surface area contributed by atoms with E-state index in [9.17, 15) is 14.7 Å². The van der Waals surface area contributed by atoms with E-state index in [2.05, 4.69) is 5.32 Å². The number of aliphatic carboxylic acids is 1. The number of carboxylic acids is 1. The first kappa shape index (κ1) is 16.0. The number of carbonyl (C=O) groups is 2. The molecular formula is C14H20N2O4. The van der Waals surface area contributed by atoms with Crippen LogP contribution >= 0.6 is 0 Å². The fourth-order valence-electron chi connectivity index (χ4n) is 1.62. The van der Waals surface area contributed by atoms with Crippen LogP contribution in [0.3, 0.4) is 0 Å². The van der Waals surface area contributed by atoms with Crippen molar-refractivity contribution < 1.29 is 19.8 Å². The molecule has 1 aromatic rings. The molecule has 0 heterocycles. The first-order valence-electron chi connectivity index (χ1n) is 6.36. The molecule has 1 rings (SSSR count). The minimum Gasteiger partial charge on any atom is -0.480 e. The van der Waals surface area contributed by atoms with Gasteiger partial charge in [-0.15, -0.1) is 0 Å². The first-order valence-corrected chi connectivity index (χ1v) is 6.36. The fraction of sp³-hybridized carbons (Fsp3) is 0.429. The highest BCUT2D eigenvalue weighted by atomic mass is 16.4. The van der Waals surface area contributed by atoms with Crippen molar-refractivity contribution in [3.05, 3.63) is 35.9 Å². The standard InChI is InChI=1S/C14H20N2O4/c1-10(9-17)16(2)14(20)15-12(13(18)19)8-11-6-4-3-5-7-11/h3-7,10,12,17H,8-9H2,1-2H3,(H,15,20)(H,18,19). The van der Waals surface area contributed by atoms with Gasteiger partial charge in [-0.1, -0.05) is 30.3 Å². The van der Waals surface area contributed by atoms with E-state index in [1.807, 2.05) is 30.3 Å². The molecule has 0 radical (unpaired) electrons. The normalized spacial score (nSPS) is 13.3. The van der Waals surface area contributed by atoms with E-state index in [1.54, 1.807) is 6.92 Å². The Balaban J connectivity index is 2.68. The lowest BCUT2D eigenvalue weighted by Gasteiger charge is -2.25. The number of nitrogens with zero attached hydrogens (tertiary/aromatic N) is 1. The highest BCUT2D eigenvalue weighted by Gasteiger charge is 2.23. The Morgan fingerprint density at radius 3 is 2.40 bits per heavy atom. The van der Waals surface area contributed by atoms with Gasteiger partial charge < -0.3 is 20.4 Å². The van der Waals surface area contributed by atoms with Crippen molar-refractivity contribution in [3.63, 3.8) is 0 Å². The third-order valence-electron chi connectivity index (χ3n) is 3.12. The topological polar surface area (TPSA) is 89.9 Å². The molecule has 3 N–H and O–H groups in total. The average molecular weight is 280 g/mol. The van der Waals surface area contributed by atoms with Crippen molar-refractivity contribution in [2.75, 3.05) is 13.7 Å². The molecule has 0 aliphatic heterocycles. The molecule has 0 aliphatic carbocycles. The Labute approximate surface area is 118 Å². The van der Waals surface area contributed by atoms with Gasteiger partial charge in [0.1, 0.15) is 6.04 Å². The summed E-state index contributed by atoms with van der Waals surface area (Å²) in [6, 6.07) is 7.19. The van der Waals surface area contributed by atoms with Crippen LogP contribution in [0.15, 0.2) is 30.3 Å². The van der Waals surface area contributed by atoms with E-state index in [-0.39, 0.29) is 19.1 Å². The third-order valence-corrected chi connectivity index (χ3v) is 3.12. The lowest BCUT2D eigenvalue weighted by Crippen LogP contribution is -2.50. The summed E-state index contributed by atoms with van der Waals surface area (Å²) in [5.41, 5.74) is 0.832. The maximum atomic E-state index is 11.9. The predicted octanol–water partition coefficient (Wildman–Crippen LogP) is 0.704. The van der Waals surface area contributed by atoms with Gasteiger partial charge in [0, 0.05) is 13.5 Å². The number of aliphatic hydroxyl groups excluding tert-OH is 1. The van der Waals surface area contributed by atoms with Crippen LogP contribution in [0.25, 0.3) is 0 Å². The Hall–Kier alpha value is -2.08. The molecule has 2 unspecified atom stereocenters. The number of hydrogen-bond donors (Lipinski definition) is 3. The summed E-state index contributed by atoms with van der Waals surface area (Å²) in [5, 5.41) is 20.6. The molecule has 1 aromatic carbocycles. The maximum absolute atomic E-state index is 11.9. The lowest BCUT2D eigenvalue weighted by atomic mass is 10.1. The second kappa shape index (κ2) is 7.49. The Morgan fingerprint density at radius 2 is 1.90 bits per heavy atom. The zero-order valence-corrected chi connectivity index (χ0v) is 11.6. The number of carboxylic acid groups (broad SMARTS) is 1. The number of hydrogen-bond acceptors (Lipinski definition) is 3. The van der Waals surface area contributed by atoms with E-state index in [4.69, 9.17) is 5.11 Å². The van der Waals surface area contributed by atoms with Gasteiger partial charge in [-0.3, -0.25) is 0 Å². The van der Waals surface area contributed by atoms with Crippen LogP contribution in [0.4, 0.5) is 4.79 Å². The largest absolute Gasteiger partial charge is 0.480 e. The van der Waals surface area contributed by atoms with Crippen LogP contribution < -0.4 is 5.32 Å². The van der Waals surface area contributed by atoms with E-state index in [0.29, 0.717) is 0 Å². The van der Waals surface area contributed by atoms with Gasteiger partial charge in [0.25, 0.3) is 0 Å². The molecule has 0 aliphatic rings. The number of aliphatic hydroxyl groups is 1. The smallest absolute Gasteiger partial charge is 0.326 e. The number of benzene rings is 1. The van der Waals surface area contributed by atoms with Gasteiger partial charge in [0.15, 0.2) is 0 Å². The van der Waals surface area contributed by atoms with Gasteiger partial charge in [-0.2, -0.15) is 0 Å². The summed E-state index contributed by atoms with van der Waals surface area (Å²) in [5.74, 6) is -1.09. The van der Waals surface area contributed by atoms with Crippen molar-refractivity contribution in [1.82, 2.24) is 10.2 Å². The van der Waals surface area contributed by atoms with Crippen molar-refractivity contribution in [3.8, 4) is 0 Å². The van der Waals surface area contributed by atoms with Crippen LogP contribution in [-0.4, -0.2) is 52.9 Å². The second-order valence-electron chi connectivity index (χ2n) is 4.67. The molecule has 0 spiro atoms. The Kier molecular flexibility index (Phi) is 5.99. The van der Waals surface area contributed by atoms with Gasteiger partial charge in [-0.25, -0.2) is 9.59 Å². The molecule has 0 saturated carbocycles. The quantitative estimate of drug-likeness (QED) is 0.715. The Bertz CT molecular complexity index is 450. The monoisotopic (exact) mass is 280 g/mol. The van der Waals surface area contributed by atoms with Crippen molar-refractivity contribution >= 4 is 12.0 Å². The van der Waals surface area contributed by atoms with Gasteiger partial charge >= 0.3 is 12.0 Å². The highest BCUT2D eigenvalue weighted by molar-refractivity contribution is 5.82. The van der Waals surface area contributed by atoms with Gasteiger partial charge in [0.05, 0.1) is 12.6 Å². The summed E-state index contributed by atoms with van der Waals surface area (Å²) >= 11 is 0. The number of amides is 2. The molecule has 0 bridgehead atoms. The maximum Gasteiger partial charge on any atom is 0.326 e. The fourth-order valence-corrected chi connectivity index (χ4v) is 1.62. The molecule has 2 atom stereocenters. The van der Waals surface area contributed by atoms with Crippen LogP contribution in [0.2, 0.25) is 0 Å². The third kappa shape index (κ3) is 4.55. The van der Waals surface area contributed by atoms with E-state index in [1.165, 1.54) is 11.9 Å². The molecule has 20 heavy (non-hydrogen) atoms. The van der Waals surface area contributed by atoms with Crippen molar-refractivity contribution in [2.24, 2.45) is 0 Å². The number of nitrogens with one attached hydrogen (secondary N) is 1. The first-order chi connectivity index (χ1) is 9.45. The summed E-state index contributed by atoms with van der Waals surface area (Å²) in [7, 11) is 1.51. The molecule has 6 nitrogen and oxygen atoms in total. The van der Waals surface area contributed by atoms with Crippen molar-refractivity contribution in [2.45, 2.75) is 25.4 Å². The zero-order valence-electron chi connectivity index (χ0n) is 11.6. The van der Waals surface area contributed by atoms with Crippen LogP contribution in [0.5, 0.6) is 0 Å². The van der Waals surface area contributed by atoms with Gasteiger partial charge in [-0.05, 0) is 12.5 Å². The molecule has 6 heteroatoms. The SMILES string of the molecule is CC(CO)N(C)C(=O)NC(Cc1ccccc1)C(=O)O. The predicted molar refractivity (Wildman–Crippen MR) is 74.4 cm³/mol. The summed E-state index contributed by atoms with van der Waals surface area (Å²) in [6.45, 7) is 1.49. The van der Waals surface area contributed by atoms with Crippen LogP contribution in [0.1, 0.15) is 12.5 Å². The van der Waals surface area contributed by atoms with Crippen LogP contribution in [-0.2, 0) is 11.2 Å². The summed E-state index contributed by atoms with van der Waals surface area (Å²) in [6.07, 6.45) is 0.212. The zero-order chi connectivity index (χ0) is 15.1. The Morgan fingerprint density at radius 1 is 1.30 bits per heavy atom. The molecule has 0 saturated heterocycles. The van der Waals surface area contributed by atoms with Crippen LogP contribution in [0, 0.1) is 0 Å². The van der Waals surface area contributed by atoms with E-state index >= 15 is 0 Å². The van der Waals surface area contributed by atoms with E-state index < -0.39 is 18.0 Å². The molecule has 110 valence electrons. The minimum atomic E-state index is -1.09. The number of urea groups is 1. The number of rotatable bonds is 6.